The Balaban J connectivity index is 1.48. The molecule has 75 heavy (non-hydrogen) atoms. The number of hydrogen-bond donors (Lipinski definition) is 12. The van der Waals surface area contributed by atoms with Crippen molar-refractivity contribution in [1.29, 1.82) is 0 Å². The van der Waals surface area contributed by atoms with Crippen molar-refractivity contribution in [2.45, 2.75) is 285 Å². The van der Waals surface area contributed by atoms with Crippen LogP contribution in [0.3, 0.4) is 0 Å². The standard InChI is InChI=1S/C56H101NO18/c1-3-5-7-9-11-12-13-14-15-16-17-18-19-20-21-22-23-24-25-26-28-29-31-33-40(61)39(57-44(62)34-32-30-27-10-8-6-4-2)38-70-54-50(68)47(65)52(42(36-59)72-54)75-56-51(69)48(66)53(43(37-60)73-56)74-55-49(67)46(64)45(63)41(35-58)71-55/h21-22,25-26,31,33,39-43,45-56,58-61,63-69H,3-20,23-24,27-30,32,34-38H2,1-2H3,(H,57,62)/b22-21+,26-25+,33-31+. The van der Waals surface area contributed by atoms with Gasteiger partial charge in [-0.05, 0) is 44.9 Å². The normalized spacial score (nSPS) is 31.5. The molecule has 17 atom stereocenters. The SMILES string of the molecule is CCCCCCCCCCCCCCC/C=C/CC/C=C/CC/C=C/C(O)C(COC1OC(CO)C(OC2OC(CO)C(OC3OC(CO)C(O)C(O)C3O)C(O)C2O)C(O)C1O)NC(=O)CCCCCCCCC. The predicted octanol–water partition coefficient (Wildman–Crippen LogP) is 4.15. The van der Waals surface area contributed by atoms with E-state index in [1.807, 2.05) is 6.08 Å². The number of unbranched alkanes of at least 4 members (excludes halogenated alkanes) is 21. The van der Waals surface area contributed by atoms with Crippen LogP contribution in [0, 0.1) is 0 Å². The van der Waals surface area contributed by atoms with E-state index >= 15 is 0 Å². The predicted molar refractivity (Wildman–Crippen MR) is 282 cm³/mol. The van der Waals surface area contributed by atoms with Crippen LogP contribution < -0.4 is 5.32 Å². The van der Waals surface area contributed by atoms with Crippen LogP contribution in [0.2, 0.25) is 0 Å². The van der Waals surface area contributed by atoms with Crippen LogP contribution in [0.25, 0.3) is 0 Å². The van der Waals surface area contributed by atoms with Gasteiger partial charge in [-0.15, -0.1) is 0 Å². The zero-order valence-electron chi connectivity index (χ0n) is 45.3. The minimum absolute atomic E-state index is 0.231. The van der Waals surface area contributed by atoms with E-state index in [-0.39, 0.29) is 18.9 Å². The molecular formula is C56H101NO18. The topological polar surface area (TPSA) is 307 Å². The first-order chi connectivity index (χ1) is 36.3. The van der Waals surface area contributed by atoms with E-state index in [1.54, 1.807) is 6.08 Å². The smallest absolute Gasteiger partial charge is 0.220 e. The fourth-order valence-corrected chi connectivity index (χ4v) is 9.63. The number of allylic oxidation sites excluding steroid dienone is 5. The number of nitrogens with one attached hydrogen (secondary N) is 1. The van der Waals surface area contributed by atoms with E-state index in [4.69, 9.17) is 28.4 Å². The second-order valence-corrected chi connectivity index (χ2v) is 20.7. The lowest BCUT2D eigenvalue weighted by molar-refractivity contribution is -0.379. The Hall–Kier alpha value is -1.99. The van der Waals surface area contributed by atoms with Crippen LogP contribution in [0.1, 0.15) is 181 Å². The first-order valence-electron chi connectivity index (χ1n) is 28.7. The van der Waals surface area contributed by atoms with Crippen molar-refractivity contribution in [3.63, 3.8) is 0 Å². The van der Waals surface area contributed by atoms with Gasteiger partial charge in [-0.1, -0.05) is 166 Å². The van der Waals surface area contributed by atoms with Crippen LogP contribution in [0.15, 0.2) is 36.5 Å². The van der Waals surface area contributed by atoms with Gasteiger partial charge in [-0.3, -0.25) is 4.79 Å². The van der Waals surface area contributed by atoms with Crippen LogP contribution in [0.4, 0.5) is 0 Å². The van der Waals surface area contributed by atoms with Crippen LogP contribution >= 0.6 is 0 Å². The van der Waals surface area contributed by atoms with Crippen LogP contribution in [-0.2, 0) is 33.2 Å². The molecule has 0 aromatic carbocycles. The Morgan fingerprint density at radius 2 is 0.853 bits per heavy atom. The van der Waals surface area contributed by atoms with E-state index in [9.17, 15) is 61.0 Å². The monoisotopic (exact) mass is 1080 g/mol. The molecule has 0 aromatic rings. The molecule has 3 rings (SSSR count). The molecule has 19 nitrogen and oxygen atoms in total. The Morgan fingerprint density at radius 1 is 0.467 bits per heavy atom. The molecule has 0 radical (unpaired) electrons. The zero-order chi connectivity index (χ0) is 54.8. The number of hydrogen-bond acceptors (Lipinski definition) is 18. The highest BCUT2D eigenvalue weighted by Gasteiger charge is 2.53. The molecule has 0 aromatic heterocycles. The van der Waals surface area contributed by atoms with Crippen molar-refractivity contribution < 1.29 is 89.4 Å². The summed E-state index contributed by atoms with van der Waals surface area (Å²) in [6, 6.07) is -0.990. The van der Waals surface area contributed by atoms with Gasteiger partial charge in [0.25, 0.3) is 0 Å². The number of aliphatic hydroxyl groups is 11. The lowest BCUT2D eigenvalue weighted by Crippen LogP contribution is -2.66. The lowest BCUT2D eigenvalue weighted by Gasteiger charge is -2.48. The fourth-order valence-electron chi connectivity index (χ4n) is 9.63. The highest BCUT2D eigenvalue weighted by Crippen LogP contribution is 2.33. The number of aliphatic hydroxyl groups excluding tert-OH is 11. The second kappa shape index (κ2) is 40.2. The summed E-state index contributed by atoms with van der Waals surface area (Å²) in [5.74, 6) is -0.298. The van der Waals surface area contributed by atoms with Gasteiger partial charge in [0.15, 0.2) is 18.9 Å². The first-order valence-corrected chi connectivity index (χ1v) is 28.7. The molecule has 3 saturated heterocycles. The summed E-state index contributed by atoms with van der Waals surface area (Å²) in [5.41, 5.74) is 0. The molecule has 12 N–H and O–H groups in total. The molecule has 0 spiro atoms. The number of carbonyl (C=O) groups is 1. The van der Waals surface area contributed by atoms with Crippen molar-refractivity contribution in [3.8, 4) is 0 Å². The third-order valence-electron chi connectivity index (χ3n) is 14.4. The third kappa shape index (κ3) is 24.9. The van der Waals surface area contributed by atoms with E-state index in [1.165, 1.54) is 89.9 Å². The first kappa shape index (κ1) is 67.3. The van der Waals surface area contributed by atoms with Crippen molar-refractivity contribution in [2.24, 2.45) is 0 Å². The third-order valence-corrected chi connectivity index (χ3v) is 14.4. The Bertz CT molecular complexity index is 1520. The second-order valence-electron chi connectivity index (χ2n) is 20.7. The molecule has 19 heteroatoms. The molecule has 3 aliphatic rings. The molecule has 0 bridgehead atoms. The molecule has 3 heterocycles. The molecular weight excluding hydrogens is 975 g/mol. The Morgan fingerprint density at radius 3 is 1.33 bits per heavy atom. The summed E-state index contributed by atoms with van der Waals surface area (Å²) in [6.45, 7) is 1.62. The van der Waals surface area contributed by atoms with Gasteiger partial charge in [0, 0.05) is 6.42 Å². The summed E-state index contributed by atoms with van der Waals surface area (Å²) >= 11 is 0. The van der Waals surface area contributed by atoms with Gasteiger partial charge >= 0.3 is 0 Å². The molecule has 1 amide bonds. The number of rotatable bonds is 41. The van der Waals surface area contributed by atoms with E-state index in [0.717, 1.165) is 57.8 Å². The lowest BCUT2D eigenvalue weighted by atomic mass is 9.96. The molecule has 0 saturated carbocycles. The van der Waals surface area contributed by atoms with Crippen molar-refractivity contribution in [1.82, 2.24) is 5.32 Å². The minimum Gasteiger partial charge on any atom is -0.394 e. The number of amides is 1. The molecule has 17 unspecified atom stereocenters. The van der Waals surface area contributed by atoms with Crippen LogP contribution in [0.5, 0.6) is 0 Å². The molecule has 3 aliphatic heterocycles. The van der Waals surface area contributed by atoms with Crippen molar-refractivity contribution in [2.75, 3.05) is 26.4 Å². The molecule has 3 fully saturated rings. The quantitative estimate of drug-likeness (QED) is 0.0302. The van der Waals surface area contributed by atoms with E-state index in [0.29, 0.717) is 12.8 Å². The average Bonchev–Trinajstić information content (AvgIpc) is 3.41. The molecule has 438 valence electrons. The largest absolute Gasteiger partial charge is 0.394 e. The van der Waals surface area contributed by atoms with Gasteiger partial charge in [0.05, 0.1) is 38.6 Å². The number of carbonyl (C=O) groups excluding carboxylic acids is 1. The van der Waals surface area contributed by atoms with E-state index in [2.05, 4.69) is 43.5 Å². The highest BCUT2D eigenvalue weighted by molar-refractivity contribution is 5.76. The van der Waals surface area contributed by atoms with Gasteiger partial charge in [0.2, 0.25) is 5.91 Å². The Labute approximate surface area is 447 Å². The van der Waals surface area contributed by atoms with Crippen molar-refractivity contribution in [3.05, 3.63) is 36.5 Å². The summed E-state index contributed by atoms with van der Waals surface area (Å²) in [6.07, 6.45) is 14.7. The minimum atomic E-state index is -1.98. The van der Waals surface area contributed by atoms with Gasteiger partial charge in [0.1, 0.15) is 73.2 Å². The maximum atomic E-state index is 13.1. The summed E-state index contributed by atoms with van der Waals surface area (Å²) in [4.78, 5) is 13.1. The maximum Gasteiger partial charge on any atom is 0.220 e. The molecule has 0 aliphatic carbocycles. The van der Waals surface area contributed by atoms with E-state index < -0.39 is 124 Å². The van der Waals surface area contributed by atoms with Crippen LogP contribution in [-0.4, -0.2) is 193 Å². The van der Waals surface area contributed by atoms with Crippen molar-refractivity contribution >= 4 is 5.91 Å². The summed E-state index contributed by atoms with van der Waals surface area (Å²) in [7, 11) is 0. The fraction of sp³-hybridized carbons (Fsp3) is 0.875. The van der Waals surface area contributed by atoms with Gasteiger partial charge in [-0.25, -0.2) is 0 Å². The maximum absolute atomic E-state index is 13.1. The van der Waals surface area contributed by atoms with Gasteiger partial charge < -0.3 is 89.9 Å². The number of ether oxygens (including phenoxy) is 6. The average molecular weight is 1080 g/mol. The summed E-state index contributed by atoms with van der Waals surface area (Å²) in [5, 5.41) is 120. The zero-order valence-corrected chi connectivity index (χ0v) is 45.3. The van der Waals surface area contributed by atoms with Gasteiger partial charge in [-0.2, -0.15) is 0 Å². The Kier molecular flexibility index (Phi) is 36.1. The highest BCUT2D eigenvalue weighted by atomic mass is 16.8. The summed E-state index contributed by atoms with van der Waals surface area (Å²) < 4.78 is 34.1.